The second-order valence-corrected chi connectivity index (χ2v) is 10.6. The predicted octanol–water partition coefficient (Wildman–Crippen LogP) is 11.0. The lowest BCUT2D eigenvalue weighted by atomic mass is 9.94. The Bertz CT molecular complexity index is 1720. The van der Waals surface area contributed by atoms with Crippen molar-refractivity contribution >= 4 is 28.6 Å². The van der Waals surface area contributed by atoms with Crippen LogP contribution in [0.1, 0.15) is 70.3 Å². The third-order valence-corrected chi connectivity index (χ3v) is 7.11. The van der Waals surface area contributed by atoms with Crippen LogP contribution in [0.3, 0.4) is 0 Å². The molecule has 9 heteroatoms. The molecule has 0 spiro atoms. The van der Waals surface area contributed by atoms with E-state index >= 15 is 0 Å². The number of ether oxygens (including phenoxy) is 2. The second kappa shape index (κ2) is 20.3. The van der Waals surface area contributed by atoms with Crippen LogP contribution >= 0.6 is 0 Å². The zero-order valence-electron chi connectivity index (χ0n) is 29.0. The lowest BCUT2D eigenvalue weighted by Crippen LogP contribution is -2.11. The lowest BCUT2D eigenvalue weighted by molar-refractivity contribution is -0.105. The molecule has 2 N–H and O–H groups in total. The fourth-order valence-corrected chi connectivity index (χ4v) is 4.72. The summed E-state index contributed by atoms with van der Waals surface area (Å²) < 4.78 is 48.9. The Hall–Kier alpha value is -5.07. The monoisotopic (exact) mass is 673 g/mol. The molecule has 0 bridgehead atoms. The van der Waals surface area contributed by atoms with E-state index in [9.17, 15) is 18.0 Å². The fraction of sp³-hybridized carbons (Fsp3) is 0.300. The third kappa shape index (κ3) is 12.5. The van der Waals surface area contributed by atoms with E-state index in [0.717, 1.165) is 46.0 Å². The van der Waals surface area contributed by atoms with Gasteiger partial charge in [0.2, 0.25) is 6.41 Å². The standard InChI is InChI=1S/C23H23NO3.C13H11F3N2.2C2H6/c1-26-21-12-11-17-5-2-3-8-20(17)22(21)23(27-14-16-9-10-16)18-6-4-7-19(13-18)24-15-25;1-9(13(14,15)16)6-10(2)18-12-5-3-4-11(7-12)8-17;2*1-2/h2-8,11-13,15-16,23H,9-10,14H2,1H3,(H,24,25);3-7,18H,1H2,2H3;2*1-2H3/b;10-6-;;. The molecule has 1 atom stereocenters. The van der Waals surface area contributed by atoms with E-state index in [1.165, 1.54) is 19.8 Å². The first-order valence-corrected chi connectivity index (χ1v) is 16.3. The maximum atomic E-state index is 12.3. The molecule has 1 amide bonds. The van der Waals surface area contributed by atoms with Crippen LogP contribution in [0.25, 0.3) is 10.8 Å². The predicted molar refractivity (Wildman–Crippen MR) is 194 cm³/mol. The van der Waals surface area contributed by atoms with Crippen molar-refractivity contribution < 1.29 is 27.4 Å². The molecule has 49 heavy (non-hydrogen) atoms. The number of fused-ring (bicyclic) bond motifs is 1. The first-order chi connectivity index (χ1) is 23.6. The number of alkyl halides is 3. The first-order valence-electron chi connectivity index (χ1n) is 16.3. The Labute approximate surface area is 288 Å². The Balaban J connectivity index is 0.000000331. The average Bonchev–Trinajstić information content (AvgIpc) is 3.95. The molecule has 1 aliphatic carbocycles. The molecule has 1 saturated carbocycles. The van der Waals surface area contributed by atoms with Crippen LogP contribution in [0.2, 0.25) is 0 Å². The van der Waals surface area contributed by atoms with Crippen molar-refractivity contribution in [2.45, 2.75) is 59.7 Å². The Kier molecular flexibility index (Phi) is 16.6. The van der Waals surface area contributed by atoms with Crippen molar-refractivity contribution in [3.8, 4) is 11.8 Å². The zero-order chi connectivity index (χ0) is 36.4. The van der Waals surface area contributed by atoms with E-state index in [2.05, 4.69) is 35.4 Å². The lowest BCUT2D eigenvalue weighted by Gasteiger charge is -2.23. The van der Waals surface area contributed by atoms with Gasteiger partial charge in [0.1, 0.15) is 11.9 Å². The Morgan fingerprint density at radius 1 is 0.980 bits per heavy atom. The number of nitrogens with zero attached hydrogens (tertiary/aromatic N) is 1. The molecule has 1 fully saturated rings. The number of carbonyl (C=O) groups excluding carboxylic acids is 1. The largest absolute Gasteiger partial charge is 0.496 e. The number of halogens is 3. The molecule has 4 aromatic carbocycles. The number of allylic oxidation sites excluding steroid dienone is 3. The number of anilines is 2. The van der Waals surface area contributed by atoms with Gasteiger partial charge in [-0.3, -0.25) is 4.79 Å². The van der Waals surface area contributed by atoms with E-state index in [-0.39, 0.29) is 6.10 Å². The van der Waals surface area contributed by atoms with Gasteiger partial charge >= 0.3 is 6.18 Å². The third-order valence-electron chi connectivity index (χ3n) is 7.11. The van der Waals surface area contributed by atoms with Gasteiger partial charge in [0, 0.05) is 22.6 Å². The summed E-state index contributed by atoms with van der Waals surface area (Å²) in [7, 11) is 1.69. The van der Waals surface area contributed by atoms with E-state index in [1.54, 1.807) is 31.4 Å². The molecule has 0 aromatic heterocycles. The maximum Gasteiger partial charge on any atom is 0.415 e. The van der Waals surface area contributed by atoms with Crippen LogP contribution in [0, 0.1) is 17.2 Å². The van der Waals surface area contributed by atoms with Gasteiger partial charge in [0.25, 0.3) is 0 Å². The highest BCUT2D eigenvalue weighted by Crippen LogP contribution is 2.41. The number of nitrogens with one attached hydrogen (secondary N) is 2. The molecular formula is C40H46F3N3O3. The van der Waals surface area contributed by atoms with Crippen LogP contribution in [-0.2, 0) is 9.53 Å². The number of benzene rings is 4. The van der Waals surface area contributed by atoms with Crippen molar-refractivity contribution in [1.29, 1.82) is 5.26 Å². The highest BCUT2D eigenvalue weighted by molar-refractivity contribution is 5.88. The molecule has 4 aromatic rings. The van der Waals surface area contributed by atoms with Gasteiger partial charge in [-0.25, -0.2) is 0 Å². The van der Waals surface area contributed by atoms with Crippen LogP contribution in [0.15, 0.2) is 109 Å². The van der Waals surface area contributed by atoms with Gasteiger partial charge in [0.05, 0.1) is 30.9 Å². The molecule has 1 unspecified atom stereocenters. The molecule has 260 valence electrons. The highest BCUT2D eigenvalue weighted by Gasteiger charge is 2.30. The number of hydrogen-bond acceptors (Lipinski definition) is 5. The van der Waals surface area contributed by atoms with Gasteiger partial charge in [-0.2, -0.15) is 18.4 Å². The summed E-state index contributed by atoms with van der Waals surface area (Å²) in [5.41, 5.74) is 3.13. The summed E-state index contributed by atoms with van der Waals surface area (Å²) in [5, 5.41) is 16.5. The summed E-state index contributed by atoms with van der Waals surface area (Å²) in [6, 6.07) is 28.6. The van der Waals surface area contributed by atoms with Crippen molar-refractivity contribution in [3.05, 3.63) is 126 Å². The molecule has 5 rings (SSSR count). The number of nitriles is 1. The number of methoxy groups -OCH3 is 1. The topological polar surface area (TPSA) is 83.4 Å². The molecule has 0 radical (unpaired) electrons. The maximum absolute atomic E-state index is 12.3. The fourth-order valence-electron chi connectivity index (χ4n) is 4.72. The van der Waals surface area contributed by atoms with E-state index < -0.39 is 11.7 Å². The summed E-state index contributed by atoms with van der Waals surface area (Å²) in [5.74, 6) is 1.45. The first kappa shape index (κ1) is 40.1. The van der Waals surface area contributed by atoms with Gasteiger partial charge in [-0.05, 0) is 84.5 Å². The van der Waals surface area contributed by atoms with E-state index in [1.807, 2.05) is 76.2 Å². The van der Waals surface area contributed by atoms with E-state index in [0.29, 0.717) is 29.3 Å². The Morgan fingerprint density at radius 2 is 1.65 bits per heavy atom. The molecule has 0 saturated heterocycles. The molecule has 0 heterocycles. The summed E-state index contributed by atoms with van der Waals surface area (Å²) in [6.07, 6.45) is -0.632. The van der Waals surface area contributed by atoms with Crippen LogP contribution in [0.4, 0.5) is 24.5 Å². The highest BCUT2D eigenvalue weighted by atomic mass is 19.4. The quantitative estimate of drug-likeness (QED) is 0.122. The number of amides is 1. The zero-order valence-corrected chi connectivity index (χ0v) is 29.0. The minimum Gasteiger partial charge on any atom is -0.496 e. The van der Waals surface area contributed by atoms with Crippen molar-refractivity contribution in [1.82, 2.24) is 0 Å². The second-order valence-electron chi connectivity index (χ2n) is 10.6. The van der Waals surface area contributed by atoms with Crippen LogP contribution in [-0.4, -0.2) is 26.3 Å². The van der Waals surface area contributed by atoms with Crippen LogP contribution < -0.4 is 15.4 Å². The Morgan fingerprint density at radius 3 is 2.29 bits per heavy atom. The summed E-state index contributed by atoms with van der Waals surface area (Å²) in [6.45, 7) is 13.2. The van der Waals surface area contributed by atoms with Gasteiger partial charge in [-0.15, -0.1) is 0 Å². The van der Waals surface area contributed by atoms with Crippen molar-refractivity contribution in [2.24, 2.45) is 5.92 Å². The molecule has 1 aliphatic rings. The van der Waals surface area contributed by atoms with Gasteiger partial charge in [-0.1, -0.05) is 82.8 Å². The number of hydrogen-bond donors (Lipinski definition) is 2. The van der Waals surface area contributed by atoms with E-state index in [4.69, 9.17) is 14.7 Å². The van der Waals surface area contributed by atoms with Crippen molar-refractivity contribution in [2.75, 3.05) is 24.4 Å². The van der Waals surface area contributed by atoms with Crippen LogP contribution in [0.5, 0.6) is 5.75 Å². The number of rotatable bonds is 11. The number of carbonyl (C=O) groups is 1. The van der Waals surface area contributed by atoms with Gasteiger partial charge < -0.3 is 20.1 Å². The van der Waals surface area contributed by atoms with Crippen molar-refractivity contribution in [3.63, 3.8) is 0 Å². The average molecular weight is 674 g/mol. The molecule has 0 aliphatic heterocycles. The molecule has 6 nitrogen and oxygen atoms in total. The van der Waals surface area contributed by atoms with Gasteiger partial charge in [0.15, 0.2) is 0 Å². The molecular weight excluding hydrogens is 627 g/mol. The summed E-state index contributed by atoms with van der Waals surface area (Å²) in [4.78, 5) is 10.9. The smallest absolute Gasteiger partial charge is 0.415 e. The normalized spacial score (nSPS) is 12.7. The summed E-state index contributed by atoms with van der Waals surface area (Å²) >= 11 is 0. The SMILES string of the molecule is C=C(/C=C(/C)Nc1cccc(C#N)c1)C(F)(F)F.CC.CC.COc1ccc2ccccc2c1C(OCC1CC1)c1cccc(NC=O)c1. The minimum absolute atomic E-state index is 0.264. The minimum atomic E-state index is -4.43.